The average Bonchev–Trinajstić information content (AvgIpc) is 2.50. The second-order valence-electron chi connectivity index (χ2n) is 2.05. The van der Waals surface area contributed by atoms with Crippen molar-refractivity contribution >= 4 is 0 Å². The van der Waals surface area contributed by atoms with Gasteiger partial charge >= 0.3 is 0 Å². The van der Waals surface area contributed by atoms with Gasteiger partial charge in [0, 0.05) is 0 Å². The van der Waals surface area contributed by atoms with E-state index in [-0.39, 0.29) is 0 Å². The van der Waals surface area contributed by atoms with Gasteiger partial charge in [-0.3, -0.25) is 0 Å². The van der Waals surface area contributed by atoms with Crippen LogP contribution in [0.1, 0.15) is 12.7 Å². The fourth-order valence-corrected chi connectivity index (χ4v) is 0.659. The van der Waals surface area contributed by atoms with Crippen LogP contribution >= 0.6 is 0 Å². The number of hydrogen-bond donors (Lipinski definition) is 0. The van der Waals surface area contributed by atoms with E-state index >= 15 is 0 Å². The van der Waals surface area contributed by atoms with E-state index in [0.29, 0.717) is 6.61 Å². The summed E-state index contributed by atoms with van der Waals surface area (Å²) in [5.74, 6) is 0.839. The third kappa shape index (κ3) is 2.96. The fraction of sp³-hybridized carbons (Fsp3) is 0.222. The van der Waals surface area contributed by atoms with Crippen LogP contribution < -0.4 is 0 Å². The summed E-state index contributed by atoms with van der Waals surface area (Å²) in [6, 6.07) is 3.72. The average molecular weight is 151 g/mol. The molecule has 0 aliphatic heterocycles. The van der Waals surface area contributed by atoms with E-state index in [0.717, 1.165) is 5.76 Å². The molecule has 1 aromatic heterocycles. The van der Waals surface area contributed by atoms with Gasteiger partial charge < -0.3 is 9.15 Å². The molecule has 0 spiro atoms. The molecule has 0 radical (unpaired) electrons. The molecule has 2 heteroatoms. The zero-order valence-corrected chi connectivity index (χ0v) is 6.49. The monoisotopic (exact) mass is 151 g/mol. The third-order valence-electron chi connectivity index (χ3n) is 1.17. The summed E-state index contributed by atoms with van der Waals surface area (Å²) >= 11 is 0. The summed E-state index contributed by atoms with van der Waals surface area (Å²) in [5.41, 5.74) is 0. The molecule has 0 atom stereocenters. The summed E-state index contributed by atoms with van der Waals surface area (Å²) in [6.45, 7) is 4.08. The van der Waals surface area contributed by atoms with Crippen LogP contribution in [0.2, 0.25) is 0 Å². The Morgan fingerprint density at radius 1 is 1.73 bits per heavy atom. The molecule has 0 fully saturated rings. The van der Waals surface area contributed by atoms with Crippen molar-refractivity contribution in [1.82, 2.24) is 0 Å². The van der Waals surface area contributed by atoms with Gasteiger partial charge in [-0.15, -0.1) is 13.5 Å². The predicted molar refractivity (Wildman–Crippen MR) is 42.6 cm³/mol. The standard InChI is InChI=1S/C9H11O2/c1-2-3-6-10-8-9-5-4-7-11-9/h2-7H,8H2,1H3/q-1/b3-2+. The second kappa shape index (κ2) is 4.63. The van der Waals surface area contributed by atoms with Crippen molar-refractivity contribution in [3.05, 3.63) is 42.9 Å². The molecule has 0 saturated carbocycles. The molecule has 0 unspecified atom stereocenters. The van der Waals surface area contributed by atoms with E-state index in [1.807, 2.05) is 31.2 Å². The summed E-state index contributed by atoms with van der Waals surface area (Å²) < 4.78 is 10.2. The molecule has 0 N–H and O–H groups in total. The Hall–Kier alpha value is -1.15. The van der Waals surface area contributed by atoms with Crippen LogP contribution in [0.4, 0.5) is 0 Å². The highest BCUT2D eigenvalue weighted by Gasteiger charge is 1.89. The molecule has 60 valence electrons. The highest BCUT2D eigenvalue weighted by atomic mass is 16.5. The van der Waals surface area contributed by atoms with Crippen LogP contribution in [0.15, 0.2) is 35.0 Å². The van der Waals surface area contributed by atoms with E-state index in [1.165, 1.54) is 0 Å². The maximum absolute atomic E-state index is 5.11. The minimum atomic E-state index is 0.497. The Bertz CT molecular complexity index is 199. The summed E-state index contributed by atoms with van der Waals surface area (Å²) in [5, 5.41) is 0. The van der Waals surface area contributed by atoms with E-state index < -0.39 is 0 Å². The van der Waals surface area contributed by atoms with Crippen LogP contribution in [-0.2, 0) is 11.3 Å². The first-order chi connectivity index (χ1) is 5.43. The minimum absolute atomic E-state index is 0.497. The zero-order valence-electron chi connectivity index (χ0n) is 6.49. The summed E-state index contributed by atoms with van der Waals surface area (Å²) in [4.78, 5) is 0. The van der Waals surface area contributed by atoms with Crippen molar-refractivity contribution in [2.45, 2.75) is 13.5 Å². The maximum atomic E-state index is 5.11. The Morgan fingerprint density at radius 3 is 3.27 bits per heavy atom. The first-order valence-corrected chi connectivity index (χ1v) is 3.52. The summed E-state index contributed by atoms with van der Waals surface area (Å²) in [6.07, 6.45) is 5.37. The van der Waals surface area contributed by atoms with Crippen molar-refractivity contribution in [1.29, 1.82) is 0 Å². The highest BCUT2D eigenvalue weighted by molar-refractivity contribution is 4.96. The van der Waals surface area contributed by atoms with Crippen molar-refractivity contribution in [2.75, 3.05) is 0 Å². The first kappa shape index (κ1) is 7.95. The van der Waals surface area contributed by atoms with Gasteiger partial charge in [0.1, 0.15) is 5.76 Å². The second-order valence-corrected chi connectivity index (χ2v) is 2.05. The molecule has 0 bridgehead atoms. The van der Waals surface area contributed by atoms with Crippen LogP contribution in [-0.4, -0.2) is 0 Å². The molecule has 0 aromatic carbocycles. The zero-order chi connectivity index (χ0) is 7.94. The van der Waals surface area contributed by atoms with E-state index in [1.54, 1.807) is 12.9 Å². The predicted octanol–water partition coefficient (Wildman–Crippen LogP) is 2.53. The lowest BCUT2D eigenvalue weighted by atomic mass is 10.5. The van der Waals surface area contributed by atoms with Gasteiger partial charge in [-0.05, 0) is 12.1 Å². The molecule has 1 heterocycles. The van der Waals surface area contributed by atoms with Crippen molar-refractivity contribution in [3.8, 4) is 0 Å². The SMILES string of the molecule is C/C=C/[CH-]OCc1ccco1. The van der Waals surface area contributed by atoms with Crippen LogP contribution in [0.25, 0.3) is 0 Å². The third-order valence-corrected chi connectivity index (χ3v) is 1.17. The van der Waals surface area contributed by atoms with Crippen molar-refractivity contribution < 1.29 is 9.15 Å². The number of furan rings is 1. The van der Waals surface area contributed by atoms with Crippen molar-refractivity contribution in [3.63, 3.8) is 0 Å². The van der Waals surface area contributed by atoms with E-state index in [4.69, 9.17) is 9.15 Å². The molecule has 2 nitrogen and oxygen atoms in total. The number of ether oxygens (including phenoxy) is 1. The smallest absolute Gasteiger partial charge is 0.127 e. The van der Waals surface area contributed by atoms with Gasteiger partial charge in [-0.2, -0.15) is 0 Å². The van der Waals surface area contributed by atoms with Gasteiger partial charge in [0.2, 0.25) is 0 Å². The molecule has 11 heavy (non-hydrogen) atoms. The molecule has 1 rings (SSSR count). The largest absolute Gasteiger partial charge is 0.467 e. The van der Waals surface area contributed by atoms with E-state index in [9.17, 15) is 0 Å². The molecule has 1 aromatic rings. The molecule has 0 saturated heterocycles. The Morgan fingerprint density at radius 2 is 2.64 bits per heavy atom. The minimum Gasteiger partial charge on any atom is -0.467 e. The van der Waals surface area contributed by atoms with Gasteiger partial charge in [0.15, 0.2) is 0 Å². The molecule has 0 aliphatic carbocycles. The lowest BCUT2D eigenvalue weighted by Gasteiger charge is -2.02. The van der Waals surface area contributed by atoms with Crippen LogP contribution in [0.5, 0.6) is 0 Å². The van der Waals surface area contributed by atoms with Gasteiger partial charge in [-0.25, -0.2) is 12.2 Å². The normalized spacial score (nSPS) is 10.6. The maximum Gasteiger partial charge on any atom is 0.127 e. The number of rotatable bonds is 4. The molecular weight excluding hydrogens is 140 g/mol. The fourth-order valence-electron chi connectivity index (χ4n) is 0.659. The number of hydrogen-bond acceptors (Lipinski definition) is 2. The van der Waals surface area contributed by atoms with Crippen LogP contribution in [0.3, 0.4) is 0 Å². The first-order valence-electron chi connectivity index (χ1n) is 3.52. The summed E-state index contributed by atoms with van der Waals surface area (Å²) in [7, 11) is 0. The van der Waals surface area contributed by atoms with Gasteiger partial charge in [-0.1, -0.05) is 0 Å². The molecule has 0 amide bonds. The van der Waals surface area contributed by atoms with Crippen molar-refractivity contribution in [2.24, 2.45) is 0 Å². The van der Waals surface area contributed by atoms with E-state index in [2.05, 4.69) is 0 Å². The van der Waals surface area contributed by atoms with Gasteiger partial charge in [0.05, 0.1) is 12.9 Å². The van der Waals surface area contributed by atoms with Crippen LogP contribution in [0, 0.1) is 6.61 Å². The Labute approximate surface area is 66.5 Å². The molecular formula is C9H11O2-. The Balaban J connectivity index is 2.14. The Kier molecular flexibility index (Phi) is 3.35. The lowest BCUT2D eigenvalue weighted by Crippen LogP contribution is -1.84. The van der Waals surface area contributed by atoms with Gasteiger partial charge in [0.25, 0.3) is 0 Å². The quantitative estimate of drug-likeness (QED) is 0.487. The highest BCUT2D eigenvalue weighted by Crippen LogP contribution is 2.02. The number of allylic oxidation sites excluding steroid dienone is 1. The lowest BCUT2D eigenvalue weighted by molar-refractivity contribution is 0.180. The molecule has 0 aliphatic rings. The topological polar surface area (TPSA) is 22.4 Å².